The van der Waals surface area contributed by atoms with Gasteiger partial charge in [0.2, 0.25) is 5.91 Å². The monoisotopic (exact) mass is 155 g/mol. The lowest BCUT2D eigenvalue weighted by Crippen LogP contribution is -2.25. The Bertz CT molecular complexity index is 184. The molecular weight excluding hydrogens is 142 g/mol. The first-order valence-corrected chi connectivity index (χ1v) is 3.27. The van der Waals surface area contributed by atoms with E-state index in [0.717, 1.165) is 5.57 Å². The second-order valence-corrected chi connectivity index (χ2v) is 2.12. The second-order valence-electron chi connectivity index (χ2n) is 2.12. The van der Waals surface area contributed by atoms with Crippen LogP contribution in [0.5, 0.6) is 0 Å². The molecule has 3 N–H and O–H groups in total. The van der Waals surface area contributed by atoms with Crippen molar-refractivity contribution in [2.24, 2.45) is 10.7 Å². The molecule has 0 bridgehead atoms. The Morgan fingerprint density at radius 2 is 2.36 bits per heavy atom. The predicted molar refractivity (Wildman–Crippen MR) is 45.4 cm³/mol. The number of rotatable bonds is 4. The summed E-state index contributed by atoms with van der Waals surface area (Å²) < 4.78 is 0. The first-order chi connectivity index (χ1) is 5.16. The molecule has 0 heterocycles. The Morgan fingerprint density at radius 3 is 2.82 bits per heavy atom. The zero-order valence-corrected chi connectivity index (χ0v) is 6.79. The van der Waals surface area contributed by atoms with E-state index in [2.05, 4.69) is 10.3 Å². The van der Waals surface area contributed by atoms with Gasteiger partial charge >= 0.3 is 0 Å². The number of primary amides is 1. The predicted octanol–water partition coefficient (Wildman–Crippen LogP) is -0.334. The van der Waals surface area contributed by atoms with Crippen LogP contribution < -0.4 is 11.1 Å². The molecule has 4 nitrogen and oxygen atoms in total. The number of carbonyl (C=O) groups is 1. The van der Waals surface area contributed by atoms with Crippen LogP contribution in [0.3, 0.4) is 0 Å². The van der Waals surface area contributed by atoms with Gasteiger partial charge in [-0.15, -0.1) is 0 Å². The summed E-state index contributed by atoms with van der Waals surface area (Å²) in [5.41, 5.74) is 5.84. The zero-order chi connectivity index (χ0) is 8.69. The molecule has 62 valence electrons. The first-order valence-electron chi connectivity index (χ1n) is 3.27. The largest absolute Gasteiger partial charge is 0.382 e. The fraction of sp³-hybridized carbons (Fsp3) is 0.429. The van der Waals surface area contributed by atoms with Gasteiger partial charge < -0.3 is 11.1 Å². The van der Waals surface area contributed by atoms with Crippen molar-refractivity contribution in [1.29, 1.82) is 0 Å². The number of allylic oxidation sites excluding steroid dienone is 1. The van der Waals surface area contributed by atoms with E-state index in [-0.39, 0.29) is 12.5 Å². The third-order valence-electron chi connectivity index (χ3n) is 0.939. The van der Waals surface area contributed by atoms with Crippen molar-refractivity contribution < 1.29 is 4.79 Å². The van der Waals surface area contributed by atoms with Gasteiger partial charge in [-0.2, -0.15) is 0 Å². The van der Waals surface area contributed by atoms with Gasteiger partial charge in [-0.1, -0.05) is 0 Å². The number of aliphatic imine (C=N–C) groups is 1. The van der Waals surface area contributed by atoms with Crippen LogP contribution in [0, 0.1) is 0 Å². The lowest BCUT2D eigenvalue weighted by Gasteiger charge is -1.95. The molecule has 4 heteroatoms. The molecule has 0 radical (unpaired) electrons. The minimum atomic E-state index is -0.373. The summed E-state index contributed by atoms with van der Waals surface area (Å²) >= 11 is 0. The maximum atomic E-state index is 10.2. The second kappa shape index (κ2) is 5.46. The van der Waals surface area contributed by atoms with Gasteiger partial charge in [0.25, 0.3) is 0 Å². The number of nitrogens with one attached hydrogen (secondary N) is 1. The van der Waals surface area contributed by atoms with Crippen molar-refractivity contribution in [3.05, 3.63) is 11.8 Å². The maximum absolute atomic E-state index is 10.2. The molecule has 0 aliphatic heterocycles. The zero-order valence-electron chi connectivity index (χ0n) is 6.79. The molecule has 0 saturated carbocycles. The average molecular weight is 155 g/mol. The standard InChI is InChI=1S/C7H13N3O/c1-6(3-9-2)4-10-5-7(8)11/h3-4,10H,5H2,1-2H3,(H2,8,11)/b6-4-,9-3?. The Kier molecular flexibility index (Phi) is 4.81. The topological polar surface area (TPSA) is 67.5 Å². The van der Waals surface area contributed by atoms with Gasteiger partial charge in [-0.05, 0) is 12.5 Å². The molecule has 0 spiro atoms. The van der Waals surface area contributed by atoms with E-state index in [1.54, 1.807) is 19.5 Å². The van der Waals surface area contributed by atoms with E-state index in [0.29, 0.717) is 0 Å². The number of amides is 1. The smallest absolute Gasteiger partial charge is 0.236 e. The molecule has 11 heavy (non-hydrogen) atoms. The normalized spacial score (nSPS) is 12.0. The van der Waals surface area contributed by atoms with Crippen molar-refractivity contribution in [3.63, 3.8) is 0 Å². The van der Waals surface area contributed by atoms with Gasteiger partial charge in [0.1, 0.15) is 0 Å². The van der Waals surface area contributed by atoms with Gasteiger partial charge in [0.15, 0.2) is 0 Å². The SMILES string of the molecule is CN=C/C(C)=C\NCC(N)=O. The lowest BCUT2D eigenvalue weighted by molar-refractivity contribution is -0.117. The highest BCUT2D eigenvalue weighted by Gasteiger charge is 1.87. The number of nitrogens with zero attached hydrogens (tertiary/aromatic N) is 1. The summed E-state index contributed by atoms with van der Waals surface area (Å²) in [7, 11) is 1.69. The van der Waals surface area contributed by atoms with Crippen LogP contribution in [-0.2, 0) is 4.79 Å². The third-order valence-corrected chi connectivity index (χ3v) is 0.939. The summed E-state index contributed by atoms with van der Waals surface area (Å²) in [6.07, 6.45) is 3.38. The van der Waals surface area contributed by atoms with Crippen LogP contribution in [-0.4, -0.2) is 25.7 Å². The van der Waals surface area contributed by atoms with Crippen molar-refractivity contribution in [3.8, 4) is 0 Å². The highest BCUT2D eigenvalue weighted by Crippen LogP contribution is 1.82. The summed E-state index contributed by atoms with van der Waals surface area (Å²) in [4.78, 5) is 14.0. The Labute approximate surface area is 66.2 Å². The van der Waals surface area contributed by atoms with Crippen molar-refractivity contribution >= 4 is 12.1 Å². The average Bonchev–Trinajstić information content (AvgIpc) is 1.87. The summed E-state index contributed by atoms with van der Waals surface area (Å²) in [6, 6.07) is 0. The first kappa shape index (κ1) is 9.68. The number of hydrogen-bond donors (Lipinski definition) is 2. The van der Waals surface area contributed by atoms with Gasteiger partial charge in [0, 0.05) is 19.5 Å². The van der Waals surface area contributed by atoms with E-state index in [4.69, 9.17) is 5.73 Å². The van der Waals surface area contributed by atoms with E-state index < -0.39 is 0 Å². The van der Waals surface area contributed by atoms with Crippen LogP contribution in [0.4, 0.5) is 0 Å². The molecule has 0 unspecified atom stereocenters. The minimum Gasteiger partial charge on any atom is -0.382 e. The van der Waals surface area contributed by atoms with Crippen LogP contribution >= 0.6 is 0 Å². The Morgan fingerprint density at radius 1 is 1.73 bits per heavy atom. The number of carbonyl (C=O) groups excluding carboxylic acids is 1. The molecule has 0 aromatic heterocycles. The van der Waals surface area contributed by atoms with Gasteiger partial charge in [0.05, 0.1) is 6.54 Å². The van der Waals surface area contributed by atoms with E-state index in [1.165, 1.54) is 0 Å². The molecular formula is C7H13N3O. The Hall–Kier alpha value is -1.32. The molecule has 0 rings (SSSR count). The van der Waals surface area contributed by atoms with Crippen molar-refractivity contribution in [2.45, 2.75) is 6.92 Å². The quantitative estimate of drug-likeness (QED) is 0.546. The van der Waals surface area contributed by atoms with Crippen LogP contribution in [0.1, 0.15) is 6.92 Å². The third kappa shape index (κ3) is 6.57. The van der Waals surface area contributed by atoms with Crippen molar-refractivity contribution in [2.75, 3.05) is 13.6 Å². The molecule has 0 aliphatic rings. The lowest BCUT2D eigenvalue weighted by atomic mass is 10.3. The van der Waals surface area contributed by atoms with Crippen LogP contribution in [0.15, 0.2) is 16.8 Å². The molecule has 0 aromatic carbocycles. The van der Waals surface area contributed by atoms with E-state index in [1.807, 2.05) is 6.92 Å². The summed E-state index contributed by atoms with van der Waals surface area (Å²) in [5, 5.41) is 2.74. The molecule has 0 atom stereocenters. The fourth-order valence-corrected chi connectivity index (χ4v) is 0.554. The van der Waals surface area contributed by atoms with Crippen LogP contribution in [0.25, 0.3) is 0 Å². The molecule has 1 amide bonds. The van der Waals surface area contributed by atoms with Crippen LogP contribution in [0.2, 0.25) is 0 Å². The Balaban J connectivity index is 3.64. The van der Waals surface area contributed by atoms with Gasteiger partial charge in [-0.25, -0.2) is 0 Å². The van der Waals surface area contributed by atoms with Gasteiger partial charge in [-0.3, -0.25) is 9.79 Å². The van der Waals surface area contributed by atoms with Crippen molar-refractivity contribution in [1.82, 2.24) is 5.32 Å². The summed E-state index contributed by atoms with van der Waals surface area (Å²) in [5.74, 6) is -0.373. The maximum Gasteiger partial charge on any atom is 0.236 e. The number of hydrogen-bond acceptors (Lipinski definition) is 3. The minimum absolute atomic E-state index is 0.162. The molecule has 0 fully saturated rings. The fourth-order valence-electron chi connectivity index (χ4n) is 0.554. The molecule has 0 aromatic rings. The van der Waals surface area contributed by atoms with E-state index in [9.17, 15) is 4.79 Å². The molecule has 0 aliphatic carbocycles. The summed E-state index contributed by atoms with van der Waals surface area (Å²) in [6.45, 7) is 2.04. The highest BCUT2D eigenvalue weighted by atomic mass is 16.1. The highest BCUT2D eigenvalue weighted by molar-refractivity contribution is 5.78. The van der Waals surface area contributed by atoms with E-state index >= 15 is 0 Å². The molecule has 0 saturated heterocycles. The number of nitrogens with two attached hydrogens (primary N) is 1.